The molecule has 1 aliphatic heterocycles. The summed E-state index contributed by atoms with van der Waals surface area (Å²) in [4.78, 5) is 39.2. The van der Waals surface area contributed by atoms with Crippen LogP contribution in [0.4, 0.5) is 15.8 Å². The summed E-state index contributed by atoms with van der Waals surface area (Å²) in [5, 5.41) is 0.327. The number of carbonyl (C=O) groups excluding carboxylic acids is 3. The minimum absolute atomic E-state index is 0.202. The second-order valence-electron chi connectivity index (χ2n) is 6.90. The Bertz CT molecular complexity index is 990. The van der Waals surface area contributed by atoms with Crippen molar-refractivity contribution < 1.29 is 23.5 Å². The summed E-state index contributed by atoms with van der Waals surface area (Å²) in [7, 11) is 0. The largest absolute Gasteiger partial charge is 0.452 e. The Balaban J connectivity index is 1.52. The Morgan fingerprint density at radius 1 is 1.07 bits per heavy atom. The standard InChI is InChI=1S/C21H21ClFN3O4/c1-13(27)14-3-5-19(17(23)10-14)25-6-8-26(9-7-25)20(28)12-30-21(29)15-2-4-16(22)18(24)11-15/h2-5,10-11H,6-9,12,24H2,1H3. The van der Waals surface area contributed by atoms with Crippen LogP contribution in [-0.4, -0.2) is 55.3 Å². The van der Waals surface area contributed by atoms with Crippen LogP contribution < -0.4 is 10.6 Å². The van der Waals surface area contributed by atoms with Crippen LogP contribution in [0.5, 0.6) is 0 Å². The highest BCUT2D eigenvalue weighted by molar-refractivity contribution is 6.33. The fourth-order valence-electron chi connectivity index (χ4n) is 3.15. The van der Waals surface area contributed by atoms with Gasteiger partial charge < -0.3 is 20.3 Å². The van der Waals surface area contributed by atoms with Crippen LogP contribution >= 0.6 is 11.6 Å². The molecule has 0 atom stereocenters. The highest BCUT2D eigenvalue weighted by Crippen LogP contribution is 2.23. The van der Waals surface area contributed by atoms with E-state index in [4.69, 9.17) is 22.1 Å². The number of esters is 1. The zero-order valence-corrected chi connectivity index (χ0v) is 17.1. The molecule has 2 aromatic rings. The molecular formula is C21H21ClFN3O4. The first-order chi connectivity index (χ1) is 14.3. The highest BCUT2D eigenvalue weighted by atomic mass is 35.5. The number of nitrogens with two attached hydrogens (primary N) is 1. The van der Waals surface area contributed by atoms with Crippen LogP contribution in [0.25, 0.3) is 0 Å². The molecule has 158 valence electrons. The van der Waals surface area contributed by atoms with Crippen molar-refractivity contribution >= 4 is 40.6 Å². The van der Waals surface area contributed by atoms with E-state index in [2.05, 4.69) is 0 Å². The Labute approximate surface area is 178 Å². The third-order valence-electron chi connectivity index (χ3n) is 4.89. The Morgan fingerprint density at radius 2 is 1.73 bits per heavy atom. The Kier molecular flexibility index (Phi) is 6.56. The van der Waals surface area contributed by atoms with Gasteiger partial charge >= 0.3 is 5.97 Å². The lowest BCUT2D eigenvalue weighted by Gasteiger charge is -2.36. The molecule has 1 fully saturated rings. The van der Waals surface area contributed by atoms with Crippen molar-refractivity contribution in [3.8, 4) is 0 Å². The van der Waals surface area contributed by atoms with Crippen molar-refractivity contribution in [3.63, 3.8) is 0 Å². The molecule has 1 aliphatic rings. The lowest BCUT2D eigenvalue weighted by molar-refractivity contribution is -0.134. The lowest BCUT2D eigenvalue weighted by atomic mass is 10.1. The molecule has 9 heteroatoms. The van der Waals surface area contributed by atoms with E-state index in [0.717, 1.165) is 0 Å². The molecule has 3 rings (SSSR count). The molecule has 1 amide bonds. The number of anilines is 2. The van der Waals surface area contributed by atoms with Gasteiger partial charge in [0.05, 0.1) is 22.0 Å². The first-order valence-corrected chi connectivity index (χ1v) is 9.69. The zero-order valence-electron chi connectivity index (χ0n) is 16.4. The van der Waals surface area contributed by atoms with Crippen molar-refractivity contribution in [2.24, 2.45) is 0 Å². The zero-order chi connectivity index (χ0) is 21.8. The number of rotatable bonds is 5. The van der Waals surface area contributed by atoms with Crippen LogP contribution in [0.2, 0.25) is 5.02 Å². The number of nitrogen functional groups attached to an aromatic ring is 1. The summed E-state index contributed by atoms with van der Waals surface area (Å²) in [6.45, 7) is 2.54. The molecule has 7 nitrogen and oxygen atoms in total. The van der Waals surface area contributed by atoms with Gasteiger partial charge in [-0.1, -0.05) is 11.6 Å². The van der Waals surface area contributed by atoms with Crippen LogP contribution in [0.3, 0.4) is 0 Å². The van der Waals surface area contributed by atoms with E-state index in [0.29, 0.717) is 42.5 Å². The minimum atomic E-state index is -0.669. The average molecular weight is 434 g/mol. The molecule has 2 aromatic carbocycles. The third kappa shape index (κ3) is 4.88. The monoisotopic (exact) mass is 433 g/mol. The number of ketones is 1. The van der Waals surface area contributed by atoms with E-state index in [1.165, 1.54) is 31.2 Å². The van der Waals surface area contributed by atoms with E-state index in [-0.39, 0.29) is 22.9 Å². The molecule has 0 saturated carbocycles. The number of ether oxygens (including phenoxy) is 1. The van der Waals surface area contributed by atoms with Crippen molar-refractivity contribution in [1.29, 1.82) is 0 Å². The van der Waals surface area contributed by atoms with E-state index in [1.54, 1.807) is 17.0 Å². The molecule has 30 heavy (non-hydrogen) atoms. The number of amides is 1. The summed E-state index contributed by atoms with van der Waals surface area (Å²) in [5.41, 5.74) is 6.82. The van der Waals surface area contributed by atoms with Crippen molar-refractivity contribution in [1.82, 2.24) is 4.90 Å². The van der Waals surface area contributed by atoms with Crippen LogP contribution in [-0.2, 0) is 9.53 Å². The summed E-state index contributed by atoms with van der Waals surface area (Å²) >= 11 is 5.82. The van der Waals surface area contributed by atoms with E-state index in [9.17, 15) is 18.8 Å². The summed E-state index contributed by atoms with van der Waals surface area (Å²) < 4.78 is 19.4. The number of nitrogens with zero attached hydrogens (tertiary/aromatic N) is 2. The molecule has 0 aromatic heterocycles. The third-order valence-corrected chi connectivity index (χ3v) is 5.23. The molecule has 0 spiro atoms. The van der Waals surface area contributed by atoms with Crippen LogP contribution in [0, 0.1) is 5.82 Å². The van der Waals surface area contributed by atoms with Gasteiger partial charge in [0.1, 0.15) is 5.82 Å². The lowest BCUT2D eigenvalue weighted by Crippen LogP contribution is -2.50. The van der Waals surface area contributed by atoms with Gasteiger partial charge in [0.15, 0.2) is 12.4 Å². The molecule has 1 heterocycles. The molecule has 0 radical (unpaired) electrons. The van der Waals surface area contributed by atoms with Gasteiger partial charge in [-0.3, -0.25) is 9.59 Å². The molecule has 1 saturated heterocycles. The van der Waals surface area contributed by atoms with Gasteiger partial charge in [-0.2, -0.15) is 0 Å². The van der Waals surface area contributed by atoms with E-state index >= 15 is 0 Å². The van der Waals surface area contributed by atoms with Crippen molar-refractivity contribution in [3.05, 3.63) is 58.4 Å². The SMILES string of the molecule is CC(=O)c1ccc(N2CCN(C(=O)COC(=O)c3ccc(Cl)c(N)c3)CC2)c(F)c1. The van der Waals surface area contributed by atoms with Crippen LogP contribution in [0.15, 0.2) is 36.4 Å². The second-order valence-corrected chi connectivity index (χ2v) is 7.31. The summed E-state index contributed by atoms with van der Waals surface area (Å²) in [6.07, 6.45) is 0. The highest BCUT2D eigenvalue weighted by Gasteiger charge is 2.24. The predicted molar refractivity (Wildman–Crippen MR) is 111 cm³/mol. The number of Topliss-reactive ketones (excluding diaryl/α,β-unsaturated/α-hetero) is 1. The Morgan fingerprint density at radius 3 is 2.33 bits per heavy atom. The number of hydrogen-bond acceptors (Lipinski definition) is 6. The first kappa shape index (κ1) is 21.6. The molecule has 0 bridgehead atoms. The topological polar surface area (TPSA) is 92.9 Å². The minimum Gasteiger partial charge on any atom is -0.452 e. The first-order valence-electron chi connectivity index (χ1n) is 9.31. The van der Waals surface area contributed by atoms with Crippen molar-refractivity contribution in [2.45, 2.75) is 6.92 Å². The van der Waals surface area contributed by atoms with Crippen LogP contribution in [0.1, 0.15) is 27.6 Å². The van der Waals surface area contributed by atoms with E-state index in [1.807, 2.05) is 4.90 Å². The maximum absolute atomic E-state index is 14.3. The number of carbonyl (C=O) groups is 3. The van der Waals surface area contributed by atoms with Gasteiger partial charge in [-0.05, 0) is 43.3 Å². The number of piperazine rings is 1. The van der Waals surface area contributed by atoms with Crippen molar-refractivity contribution in [2.75, 3.05) is 43.4 Å². The molecule has 0 unspecified atom stereocenters. The number of hydrogen-bond donors (Lipinski definition) is 1. The fraction of sp³-hybridized carbons (Fsp3) is 0.286. The number of benzene rings is 2. The van der Waals surface area contributed by atoms with Gasteiger partial charge in [-0.15, -0.1) is 0 Å². The molecular weight excluding hydrogens is 413 g/mol. The second kappa shape index (κ2) is 9.13. The van der Waals surface area contributed by atoms with Gasteiger partial charge in [0.25, 0.3) is 5.91 Å². The number of halogens is 2. The normalized spacial score (nSPS) is 13.8. The predicted octanol–water partition coefficient (Wildman–Crippen LogP) is 2.77. The smallest absolute Gasteiger partial charge is 0.338 e. The fourth-order valence-corrected chi connectivity index (χ4v) is 3.27. The van der Waals surface area contributed by atoms with Gasteiger partial charge in [0.2, 0.25) is 0 Å². The van der Waals surface area contributed by atoms with Gasteiger partial charge in [-0.25, -0.2) is 9.18 Å². The summed E-state index contributed by atoms with van der Waals surface area (Å²) in [5.74, 6) is -1.68. The average Bonchev–Trinajstić information content (AvgIpc) is 2.73. The molecule has 2 N–H and O–H groups in total. The maximum Gasteiger partial charge on any atom is 0.338 e. The van der Waals surface area contributed by atoms with E-state index < -0.39 is 18.4 Å². The summed E-state index contributed by atoms with van der Waals surface area (Å²) in [6, 6.07) is 8.72. The Hall–Kier alpha value is -3.13. The molecule has 0 aliphatic carbocycles. The maximum atomic E-state index is 14.3. The van der Waals surface area contributed by atoms with Gasteiger partial charge in [0, 0.05) is 31.7 Å². The quantitative estimate of drug-likeness (QED) is 0.443.